The third-order valence-electron chi connectivity index (χ3n) is 4.55. The van der Waals surface area contributed by atoms with Crippen LogP contribution in [0.15, 0.2) is 61.2 Å². The van der Waals surface area contributed by atoms with Crippen molar-refractivity contribution in [3.8, 4) is 5.69 Å². The fraction of sp³-hybridized carbons (Fsp3) is 0.150. The molecule has 0 unspecified atom stereocenters. The third-order valence-corrected chi connectivity index (χ3v) is 4.55. The van der Waals surface area contributed by atoms with Crippen LogP contribution in [0.1, 0.15) is 22.8 Å². The van der Waals surface area contributed by atoms with E-state index in [1.54, 1.807) is 30.4 Å². The lowest BCUT2D eigenvalue weighted by Gasteiger charge is -2.14. The summed E-state index contributed by atoms with van der Waals surface area (Å²) in [5.41, 5.74) is 4.22. The van der Waals surface area contributed by atoms with E-state index in [9.17, 15) is 9.59 Å². The number of amides is 2. The molecule has 3 aromatic rings. The third kappa shape index (κ3) is 2.97. The molecule has 130 valence electrons. The lowest BCUT2D eigenvalue weighted by Crippen LogP contribution is -2.25. The van der Waals surface area contributed by atoms with Crippen molar-refractivity contribution in [3.05, 3.63) is 72.3 Å². The Hall–Kier alpha value is -3.41. The molecule has 2 amide bonds. The second-order valence-corrected chi connectivity index (χ2v) is 6.24. The van der Waals surface area contributed by atoms with Gasteiger partial charge in [0.2, 0.25) is 5.91 Å². The lowest BCUT2D eigenvalue weighted by atomic mass is 10.1. The molecular weight excluding hydrogens is 328 g/mol. The van der Waals surface area contributed by atoms with Crippen molar-refractivity contribution >= 4 is 23.2 Å². The number of carbonyl (C=O) groups excluding carboxylic acids is 2. The molecule has 0 saturated carbocycles. The summed E-state index contributed by atoms with van der Waals surface area (Å²) in [4.78, 5) is 29.9. The van der Waals surface area contributed by atoms with E-state index in [4.69, 9.17) is 0 Å². The summed E-state index contributed by atoms with van der Waals surface area (Å²) < 4.78 is 1.90. The van der Waals surface area contributed by atoms with Gasteiger partial charge in [0.05, 0.1) is 6.33 Å². The lowest BCUT2D eigenvalue weighted by molar-refractivity contribution is -0.116. The van der Waals surface area contributed by atoms with Crippen molar-refractivity contribution in [1.29, 1.82) is 0 Å². The van der Waals surface area contributed by atoms with E-state index in [-0.39, 0.29) is 11.8 Å². The van der Waals surface area contributed by atoms with Gasteiger partial charge in [-0.2, -0.15) is 0 Å². The zero-order valence-corrected chi connectivity index (χ0v) is 14.3. The first-order valence-electron chi connectivity index (χ1n) is 8.42. The van der Waals surface area contributed by atoms with Gasteiger partial charge in [-0.25, -0.2) is 4.98 Å². The number of rotatable bonds is 3. The van der Waals surface area contributed by atoms with Gasteiger partial charge in [0, 0.05) is 48.5 Å². The Balaban J connectivity index is 1.49. The van der Waals surface area contributed by atoms with Crippen LogP contribution in [-0.2, 0) is 11.2 Å². The average Bonchev–Trinajstić information content (AvgIpc) is 3.31. The van der Waals surface area contributed by atoms with Crippen LogP contribution >= 0.6 is 0 Å². The molecule has 0 radical (unpaired) electrons. The number of aromatic nitrogens is 2. The molecule has 1 aliphatic rings. The topological polar surface area (TPSA) is 67.2 Å². The average molecular weight is 346 g/mol. The minimum atomic E-state index is -0.163. The Kier molecular flexibility index (Phi) is 4.01. The smallest absolute Gasteiger partial charge is 0.255 e. The summed E-state index contributed by atoms with van der Waals surface area (Å²) in [6.07, 6.45) is 6.08. The van der Waals surface area contributed by atoms with Gasteiger partial charge in [0.1, 0.15) is 0 Å². The molecule has 6 heteroatoms. The zero-order chi connectivity index (χ0) is 18.1. The van der Waals surface area contributed by atoms with Crippen LogP contribution in [0.4, 0.5) is 11.4 Å². The Morgan fingerprint density at radius 1 is 1.12 bits per heavy atom. The van der Waals surface area contributed by atoms with Gasteiger partial charge < -0.3 is 14.8 Å². The molecule has 0 aliphatic carbocycles. The van der Waals surface area contributed by atoms with Gasteiger partial charge in [-0.15, -0.1) is 0 Å². The van der Waals surface area contributed by atoms with Crippen LogP contribution in [0.5, 0.6) is 0 Å². The number of carbonyl (C=O) groups is 2. The van der Waals surface area contributed by atoms with E-state index in [2.05, 4.69) is 10.3 Å². The molecule has 2 aromatic carbocycles. The van der Waals surface area contributed by atoms with Gasteiger partial charge in [0.15, 0.2) is 0 Å². The van der Waals surface area contributed by atoms with Crippen molar-refractivity contribution < 1.29 is 9.59 Å². The Morgan fingerprint density at radius 3 is 2.62 bits per heavy atom. The summed E-state index contributed by atoms with van der Waals surface area (Å²) in [5, 5.41) is 2.91. The van der Waals surface area contributed by atoms with Gasteiger partial charge >= 0.3 is 0 Å². The normalized spacial score (nSPS) is 12.7. The summed E-state index contributed by atoms with van der Waals surface area (Å²) >= 11 is 0. The molecule has 0 atom stereocenters. The maximum absolute atomic E-state index is 12.5. The molecule has 1 aliphatic heterocycles. The number of nitrogens with one attached hydrogen (secondary N) is 1. The molecule has 0 fully saturated rings. The maximum Gasteiger partial charge on any atom is 0.255 e. The highest BCUT2D eigenvalue weighted by molar-refractivity contribution is 6.05. The van der Waals surface area contributed by atoms with Crippen LogP contribution in [0.2, 0.25) is 0 Å². The van der Waals surface area contributed by atoms with E-state index in [0.29, 0.717) is 12.1 Å². The molecule has 1 aromatic heterocycles. The largest absolute Gasteiger partial charge is 0.322 e. The van der Waals surface area contributed by atoms with Crippen molar-refractivity contribution in [3.63, 3.8) is 0 Å². The zero-order valence-electron chi connectivity index (χ0n) is 14.3. The van der Waals surface area contributed by atoms with Gasteiger partial charge in [-0.3, -0.25) is 9.59 Å². The molecule has 2 heterocycles. The van der Waals surface area contributed by atoms with Crippen molar-refractivity contribution in [2.24, 2.45) is 0 Å². The van der Waals surface area contributed by atoms with E-state index >= 15 is 0 Å². The quantitative estimate of drug-likeness (QED) is 0.793. The molecule has 26 heavy (non-hydrogen) atoms. The SMILES string of the molecule is CC(=O)N1CCc2cc(C(=O)Nc3ccc(-n4ccnc4)cc3)ccc21. The number of benzene rings is 2. The fourth-order valence-corrected chi connectivity index (χ4v) is 3.20. The second-order valence-electron chi connectivity index (χ2n) is 6.24. The molecule has 4 rings (SSSR count). The number of anilines is 2. The number of hydrogen-bond acceptors (Lipinski definition) is 3. The van der Waals surface area contributed by atoms with Crippen molar-refractivity contribution in [2.45, 2.75) is 13.3 Å². The number of imidazole rings is 1. The van der Waals surface area contributed by atoms with Crippen LogP contribution in [-0.4, -0.2) is 27.9 Å². The van der Waals surface area contributed by atoms with Crippen LogP contribution in [0, 0.1) is 0 Å². The summed E-state index contributed by atoms with van der Waals surface area (Å²) in [5.74, 6) is -0.136. The summed E-state index contributed by atoms with van der Waals surface area (Å²) in [7, 11) is 0. The molecule has 0 spiro atoms. The number of hydrogen-bond donors (Lipinski definition) is 1. The Bertz CT molecular complexity index is 962. The first kappa shape index (κ1) is 16.1. The first-order chi connectivity index (χ1) is 12.6. The Labute approximate surface area is 151 Å². The van der Waals surface area contributed by atoms with E-state index < -0.39 is 0 Å². The molecule has 1 N–H and O–H groups in total. The fourth-order valence-electron chi connectivity index (χ4n) is 3.20. The van der Waals surface area contributed by atoms with Crippen LogP contribution in [0.25, 0.3) is 5.69 Å². The second kappa shape index (κ2) is 6.48. The number of fused-ring (bicyclic) bond motifs is 1. The van der Waals surface area contributed by atoms with Gasteiger partial charge in [0.25, 0.3) is 5.91 Å². The minimum Gasteiger partial charge on any atom is -0.322 e. The highest BCUT2D eigenvalue weighted by Crippen LogP contribution is 2.29. The molecular formula is C20H18N4O2. The maximum atomic E-state index is 12.5. The highest BCUT2D eigenvalue weighted by Gasteiger charge is 2.23. The molecule has 0 bridgehead atoms. The number of nitrogens with zero attached hydrogens (tertiary/aromatic N) is 3. The highest BCUT2D eigenvalue weighted by atomic mass is 16.2. The predicted molar refractivity (Wildman–Crippen MR) is 99.7 cm³/mol. The van der Waals surface area contributed by atoms with Crippen molar-refractivity contribution in [1.82, 2.24) is 9.55 Å². The van der Waals surface area contributed by atoms with Gasteiger partial charge in [-0.05, 0) is 54.4 Å². The predicted octanol–water partition coefficient (Wildman–Crippen LogP) is 3.03. The minimum absolute atomic E-state index is 0.0268. The van der Waals surface area contributed by atoms with E-state index in [0.717, 1.165) is 29.0 Å². The standard InChI is InChI=1S/C20H18N4O2/c1-14(25)24-10-8-15-12-16(2-7-19(15)24)20(26)22-17-3-5-18(6-4-17)23-11-9-21-13-23/h2-7,9,11-13H,8,10H2,1H3,(H,22,26). The first-order valence-corrected chi connectivity index (χ1v) is 8.42. The summed E-state index contributed by atoms with van der Waals surface area (Å²) in [6.45, 7) is 2.23. The monoisotopic (exact) mass is 346 g/mol. The van der Waals surface area contributed by atoms with Crippen molar-refractivity contribution in [2.75, 3.05) is 16.8 Å². The van der Waals surface area contributed by atoms with E-state index in [1.807, 2.05) is 47.2 Å². The van der Waals surface area contributed by atoms with E-state index in [1.165, 1.54) is 0 Å². The van der Waals surface area contributed by atoms with Gasteiger partial charge in [-0.1, -0.05) is 0 Å². The Morgan fingerprint density at radius 2 is 1.92 bits per heavy atom. The van der Waals surface area contributed by atoms with Crippen LogP contribution in [0.3, 0.4) is 0 Å². The summed E-state index contributed by atoms with van der Waals surface area (Å²) in [6, 6.07) is 13.0. The molecule has 0 saturated heterocycles. The van der Waals surface area contributed by atoms with Crippen LogP contribution < -0.4 is 10.2 Å². The molecule has 6 nitrogen and oxygen atoms in total.